The van der Waals surface area contributed by atoms with Crippen molar-refractivity contribution in [2.24, 2.45) is 0 Å². The number of likely N-dealkylation sites (tertiary alicyclic amines) is 1. The van der Waals surface area contributed by atoms with Gasteiger partial charge in [0, 0.05) is 30.8 Å². The summed E-state index contributed by atoms with van der Waals surface area (Å²) in [5, 5.41) is 3.85. The molecule has 1 aromatic carbocycles. The topological polar surface area (TPSA) is 64.5 Å². The normalized spacial score (nSPS) is 15.3. The van der Waals surface area contributed by atoms with Gasteiger partial charge in [-0.15, -0.1) is 11.3 Å². The molecule has 1 amide bonds. The first kappa shape index (κ1) is 25.3. The predicted molar refractivity (Wildman–Crippen MR) is 146 cm³/mol. The molecule has 0 spiro atoms. The minimum atomic E-state index is -0.499. The summed E-state index contributed by atoms with van der Waals surface area (Å²) in [7, 11) is 0. The van der Waals surface area contributed by atoms with Gasteiger partial charge in [-0.05, 0) is 56.7 Å². The molecule has 8 heteroatoms. The number of fused-ring (bicyclic) bond motifs is 1. The molecule has 35 heavy (non-hydrogen) atoms. The maximum Gasteiger partial charge on any atom is 0.410 e. The third kappa shape index (κ3) is 6.05. The summed E-state index contributed by atoms with van der Waals surface area (Å²) < 4.78 is 11.9. The van der Waals surface area contributed by atoms with Crippen LogP contribution in [0, 0.1) is 0 Å². The molecule has 1 aliphatic rings. The number of hydrogen-bond acceptors (Lipinski definition) is 7. The molecule has 1 fully saturated rings. The Labute approximate surface area is 215 Å². The van der Waals surface area contributed by atoms with Gasteiger partial charge in [-0.25, -0.2) is 14.8 Å². The van der Waals surface area contributed by atoms with Crippen LogP contribution < -0.4 is 4.74 Å². The van der Waals surface area contributed by atoms with Crippen LogP contribution in [0.2, 0.25) is 0 Å². The molecule has 3 aromatic rings. The van der Waals surface area contributed by atoms with E-state index in [-0.39, 0.29) is 12.2 Å². The number of carbonyl (C=O) groups is 1. The zero-order chi connectivity index (χ0) is 25.0. The van der Waals surface area contributed by atoms with Gasteiger partial charge in [0.15, 0.2) is 0 Å². The van der Waals surface area contributed by atoms with Crippen LogP contribution in [0.1, 0.15) is 46.2 Å². The molecule has 1 saturated heterocycles. The molecule has 1 aliphatic heterocycles. The quantitative estimate of drug-likeness (QED) is 0.345. The van der Waals surface area contributed by atoms with E-state index in [1.165, 1.54) is 11.8 Å². The van der Waals surface area contributed by atoms with Crippen LogP contribution in [-0.2, 0) is 4.74 Å². The number of rotatable bonds is 6. The van der Waals surface area contributed by atoms with Crippen LogP contribution in [0.25, 0.3) is 26.5 Å². The van der Waals surface area contributed by atoms with Crippen LogP contribution in [0.3, 0.4) is 0 Å². The number of hydrogen-bond donors (Lipinski definition) is 0. The number of ether oxygens (including phenoxy) is 2. The van der Waals surface area contributed by atoms with Crippen molar-refractivity contribution in [1.82, 2.24) is 14.9 Å². The Morgan fingerprint density at radius 2 is 1.97 bits per heavy atom. The maximum atomic E-state index is 12.4. The van der Waals surface area contributed by atoms with E-state index in [1.54, 1.807) is 21.6 Å². The molecule has 2 aromatic heterocycles. The van der Waals surface area contributed by atoms with Crippen LogP contribution in [-0.4, -0.2) is 45.8 Å². The molecule has 0 aliphatic carbocycles. The molecule has 0 bridgehead atoms. The standard InChI is InChI=1S/C27H31N3O3S2/c1-6-21(34-7-2)24-25(22-12-9-17-35-22)28-19-10-8-11-20(23(19)29-24)32-18-13-15-30(16-14-18)26(31)33-27(3,4)5/h6-12,17-18H,2,13-16H2,1,3-5H3/b21-6-. The Bertz CT molecular complexity index is 1220. The molecule has 0 N–H and O–H groups in total. The number of allylic oxidation sites excluding steroid dienone is 1. The fourth-order valence-electron chi connectivity index (χ4n) is 3.92. The van der Waals surface area contributed by atoms with Crippen molar-refractivity contribution in [3.63, 3.8) is 0 Å². The summed E-state index contributed by atoms with van der Waals surface area (Å²) in [5.41, 5.74) is 2.71. The molecule has 3 heterocycles. The Hall–Kier alpha value is -2.84. The molecular weight excluding hydrogens is 478 g/mol. The summed E-state index contributed by atoms with van der Waals surface area (Å²) >= 11 is 3.18. The van der Waals surface area contributed by atoms with Gasteiger partial charge in [0.1, 0.15) is 34.4 Å². The summed E-state index contributed by atoms with van der Waals surface area (Å²) in [6.45, 7) is 12.7. The van der Waals surface area contributed by atoms with Gasteiger partial charge in [-0.2, -0.15) is 0 Å². The predicted octanol–water partition coefficient (Wildman–Crippen LogP) is 7.37. The lowest BCUT2D eigenvalue weighted by Crippen LogP contribution is -2.44. The van der Waals surface area contributed by atoms with Gasteiger partial charge in [0.05, 0.1) is 10.4 Å². The van der Waals surface area contributed by atoms with E-state index in [0.29, 0.717) is 18.8 Å². The van der Waals surface area contributed by atoms with E-state index in [1.807, 2.05) is 63.4 Å². The highest BCUT2D eigenvalue weighted by atomic mass is 32.2. The van der Waals surface area contributed by atoms with Crippen molar-refractivity contribution in [2.45, 2.75) is 52.2 Å². The van der Waals surface area contributed by atoms with Gasteiger partial charge in [-0.3, -0.25) is 0 Å². The van der Waals surface area contributed by atoms with Gasteiger partial charge in [-0.1, -0.05) is 36.5 Å². The van der Waals surface area contributed by atoms with Gasteiger partial charge < -0.3 is 14.4 Å². The summed E-state index contributed by atoms with van der Waals surface area (Å²) in [4.78, 5) is 26.3. The molecule has 6 nitrogen and oxygen atoms in total. The van der Waals surface area contributed by atoms with Gasteiger partial charge in [0.25, 0.3) is 0 Å². The second kappa shape index (κ2) is 10.8. The van der Waals surface area contributed by atoms with E-state index in [4.69, 9.17) is 19.4 Å². The SMILES string of the molecule is C=CS/C(=C\C)c1nc2c(OC3CCN(C(=O)OC(C)(C)C)CC3)cccc2nc1-c1cccs1. The zero-order valence-electron chi connectivity index (χ0n) is 20.6. The number of thiophene rings is 1. The molecule has 4 rings (SSSR count). The highest BCUT2D eigenvalue weighted by Gasteiger charge is 2.28. The van der Waals surface area contributed by atoms with Crippen LogP contribution >= 0.6 is 23.1 Å². The molecule has 0 radical (unpaired) electrons. The second-order valence-electron chi connectivity index (χ2n) is 9.24. The highest BCUT2D eigenvalue weighted by Crippen LogP contribution is 2.38. The monoisotopic (exact) mass is 509 g/mol. The average molecular weight is 510 g/mol. The third-order valence-electron chi connectivity index (χ3n) is 5.51. The fraction of sp³-hybridized carbons (Fsp3) is 0.370. The summed E-state index contributed by atoms with van der Waals surface area (Å²) in [6.07, 6.45) is 3.22. The number of thioether (sulfide) groups is 1. The largest absolute Gasteiger partial charge is 0.488 e. The van der Waals surface area contributed by atoms with Crippen molar-refractivity contribution in [3.05, 3.63) is 59.5 Å². The minimum absolute atomic E-state index is 0.00903. The van der Waals surface area contributed by atoms with Crippen molar-refractivity contribution >= 4 is 45.1 Å². The molecule has 0 unspecified atom stereocenters. The highest BCUT2D eigenvalue weighted by molar-refractivity contribution is 8.10. The summed E-state index contributed by atoms with van der Waals surface area (Å²) in [6, 6.07) is 9.96. The van der Waals surface area contributed by atoms with E-state index in [9.17, 15) is 4.79 Å². The minimum Gasteiger partial charge on any atom is -0.488 e. The van der Waals surface area contributed by atoms with E-state index < -0.39 is 5.60 Å². The maximum absolute atomic E-state index is 12.4. The number of piperidine rings is 1. The van der Waals surface area contributed by atoms with Crippen LogP contribution in [0.15, 0.2) is 53.8 Å². The average Bonchev–Trinajstić information content (AvgIpc) is 3.36. The Morgan fingerprint density at radius 3 is 2.60 bits per heavy atom. The number of para-hydroxylation sites is 1. The number of nitrogens with zero attached hydrogens (tertiary/aromatic N) is 3. The smallest absolute Gasteiger partial charge is 0.410 e. The number of carbonyl (C=O) groups excluding carboxylic acids is 1. The first-order valence-corrected chi connectivity index (χ1v) is 13.5. The van der Waals surface area contributed by atoms with Gasteiger partial charge in [0.2, 0.25) is 0 Å². The second-order valence-corrected chi connectivity index (χ2v) is 11.2. The molecular formula is C27H31N3O3S2. The van der Waals surface area contributed by atoms with E-state index in [0.717, 1.165) is 45.0 Å². The Morgan fingerprint density at radius 1 is 1.20 bits per heavy atom. The van der Waals surface area contributed by atoms with Crippen molar-refractivity contribution in [2.75, 3.05) is 13.1 Å². The van der Waals surface area contributed by atoms with Gasteiger partial charge >= 0.3 is 6.09 Å². The van der Waals surface area contributed by atoms with Crippen LogP contribution in [0.4, 0.5) is 4.79 Å². The third-order valence-corrected chi connectivity index (χ3v) is 7.23. The lowest BCUT2D eigenvalue weighted by atomic mass is 10.1. The Balaban J connectivity index is 1.60. The first-order valence-electron chi connectivity index (χ1n) is 11.7. The van der Waals surface area contributed by atoms with Crippen molar-refractivity contribution in [1.29, 1.82) is 0 Å². The van der Waals surface area contributed by atoms with E-state index in [2.05, 4.69) is 12.6 Å². The molecule has 0 atom stereocenters. The number of benzene rings is 1. The lowest BCUT2D eigenvalue weighted by Gasteiger charge is -2.33. The van der Waals surface area contributed by atoms with Crippen LogP contribution in [0.5, 0.6) is 5.75 Å². The zero-order valence-corrected chi connectivity index (χ0v) is 22.2. The Kier molecular flexibility index (Phi) is 7.82. The first-order chi connectivity index (χ1) is 16.8. The molecule has 184 valence electrons. The summed E-state index contributed by atoms with van der Waals surface area (Å²) in [5.74, 6) is 0.712. The lowest BCUT2D eigenvalue weighted by molar-refractivity contribution is 0.0127. The van der Waals surface area contributed by atoms with E-state index >= 15 is 0 Å². The van der Waals surface area contributed by atoms with Crippen molar-refractivity contribution < 1.29 is 14.3 Å². The number of amides is 1. The number of aromatic nitrogens is 2. The van der Waals surface area contributed by atoms with Crippen molar-refractivity contribution in [3.8, 4) is 16.3 Å². The fourth-order valence-corrected chi connectivity index (χ4v) is 5.20. The molecule has 0 saturated carbocycles.